The molecule has 1 amide bonds. The van der Waals surface area contributed by atoms with E-state index in [1.54, 1.807) is 17.8 Å². The van der Waals surface area contributed by atoms with E-state index in [9.17, 15) is 4.79 Å². The lowest BCUT2D eigenvalue weighted by atomic mass is 10.1. The van der Waals surface area contributed by atoms with Crippen LogP contribution in [0.25, 0.3) is 0 Å². The van der Waals surface area contributed by atoms with E-state index in [0.29, 0.717) is 18.8 Å². The number of hydrogen-bond acceptors (Lipinski definition) is 5. The van der Waals surface area contributed by atoms with Crippen LogP contribution in [0.1, 0.15) is 43.3 Å². The van der Waals surface area contributed by atoms with Gasteiger partial charge in [-0.05, 0) is 78.3 Å². The quantitative estimate of drug-likeness (QED) is 0.121. The molecule has 0 radical (unpaired) electrons. The minimum absolute atomic E-state index is 0.0230. The summed E-state index contributed by atoms with van der Waals surface area (Å²) >= 11 is 4.07. The highest BCUT2D eigenvalue weighted by Gasteiger charge is 2.30. The van der Waals surface area contributed by atoms with Gasteiger partial charge in [0, 0.05) is 16.5 Å². The van der Waals surface area contributed by atoms with Crippen molar-refractivity contribution in [1.29, 1.82) is 0 Å². The van der Waals surface area contributed by atoms with E-state index in [-0.39, 0.29) is 11.8 Å². The molecule has 0 spiro atoms. The minimum atomic E-state index is 0.0230. The number of hydrogen-bond donors (Lipinski definition) is 2. The molecule has 1 aromatic heterocycles. The Morgan fingerprint density at radius 3 is 2.87 bits per heavy atom. The van der Waals surface area contributed by atoms with Gasteiger partial charge in [0.15, 0.2) is 5.82 Å². The van der Waals surface area contributed by atoms with E-state index >= 15 is 0 Å². The van der Waals surface area contributed by atoms with Crippen molar-refractivity contribution in [2.75, 3.05) is 11.6 Å². The van der Waals surface area contributed by atoms with Crippen molar-refractivity contribution in [2.24, 2.45) is 10.9 Å². The van der Waals surface area contributed by atoms with Crippen molar-refractivity contribution in [2.45, 2.75) is 51.0 Å². The Kier molecular flexibility index (Phi) is 8.98. The molecule has 2 N–H and O–H groups in total. The highest BCUT2D eigenvalue weighted by Crippen LogP contribution is 2.36. The maximum atomic E-state index is 12.2. The summed E-state index contributed by atoms with van der Waals surface area (Å²) in [6.45, 7) is 8.56. The van der Waals surface area contributed by atoms with E-state index in [2.05, 4.69) is 75.0 Å². The lowest BCUT2D eigenvalue weighted by Gasteiger charge is -2.12. The van der Waals surface area contributed by atoms with Gasteiger partial charge in [-0.2, -0.15) is 0 Å². The fourth-order valence-corrected chi connectivity index (χ4v) is 6.02. The second-order valence-corrected chi connectivity index (χ2v) is 10.4. The fraction of sp³-hybridized carbons (Fsp3) is 0.409. The van der Waals surface area contributed by atoms with Crippen molar-refractivity contribution in [1.82, 2.24) is 14.6 Å². The zero-order valence-electron chi connectivity index (χ0n) is 18.2. The van der Waals surface area contributed by atoms with E-state index < -0.39 is 0 Å². The maximum Gasteiger partial charge on any atom is 0.228 e. The molecular formula is C22H29IN5OPS. The van der Waals surface area contributed by atoms with Crippen LogP contribution >= 0.6 is 40.2 Å². The van der Waals surface area contributed by atoms with Gasteiger partial charge >= 0.3 is 0 Å². The summed E-state index contributed by atoms with van der Waals surface area (Å²) in [5.74, 6) is 2.28. The van der Waals surface area contributed by atoms with Crippen molar-refractivity contribution >= 4 is 63.4 Å². The molecule has 1 unspecified atom stereocenters. The van der Waals surface area contributed by atoms with Crippen LogP contribution in [0.4, 0.5) is 11.5 Å². The van der Waals surface area contributed by atoms with E-state index in [4.69, 9.17) is 9.98 Å². The molecule has 31 heavy (non-hydrogen) atoms. The first-order chi connectivity index (χ1) is 15.0. The van der Waals surface area contributed by atoms with Crippen LogP contribution in [0.2, 0.25) is 0 Å². The molecule has 1 atom stereocenters. The number of amidine groups is 1. The number of imidazole rings is 1. The predicted octanol–water partition coefficient (Wildman–Crippen LogP) is 6.01. The normalized spacial score (nSPS) is 14.3. The van der Waals surface area contributed by atoms with E-state index in [1.807, 2.05) is 6.92 Å². The van der Waals surface area contributed by atoms with Gasteiger partial charge in [0.05, 0.1) is 12.9 Å². The molecule has 0 saturated heterocycles. The number of halogens is 1. The highest BCUT2D eigenvalue weighted by atomic mass is 127. The van der Waals surface area contributed by atoms with Crippen LogP contribution in [-0.4, -0.2) is 27.3 Å². The zero-order chi connectivity index (χ0) is 22.4. The van der Waals surface area contributed by atoms with Gasteiger partial charge in [0.2, 0.25) is 5.91 Å². The number of rotatable bonds is 10. The molecule has 9 heteroatoms. The van der Waals surface area contributed by atoms with Gasteiger partial charge in [-0.1, -0.05) is 26.0 Å². The Balaban J connectivity index is 1.84. The smallest absolute Gasteiger partial charge is 0.228 e. The summed E-state index contributed by atoms with van der Waals surface area (Å²) in [5, 5.41) is 6.44. The van der Waals surface area contributed by atoms with Crippen LogP contribution in [0, 0.1) is 12.8 Å². The monoisotopic (exact) mass is 569 g/mol. The largest absolute Gasteiger partial charge is 0.378 e. The molecule has 1 aliphatic rings. The molecule has 1 aromatic carbocycles. The molecule has 0 aliphatic heterocycles. The van der Waals surface area contributed by atoms with Gasteiger partial charge in [0.25, 0.3) is 0 Å². The summed E-state index contributed by atoms with van der Waals surface area (Å²) in [5.41, 5.74) is 3.31. The van der Waals surface area contributed by atoms with E-state index in [0.717, 1.165) is 48.7 Å². The number of nitrogens with one attached hydrogen (secondary N) is 2. The third kappa shape index (κ3) is 6.33. The lowest BCUT2D eigenvalue weighted by molar-refractivity contribution is -0.120. The molecule has 1 fully saturated rings. The zero-order valence-corrected chi connectivity index (χ0v) is 22.1. The Morgan fingerprint density at radius 1 is 1.48 bits per heavy atom. The number of anilines is 1. The van der Waals surface area contributed by atoms with Crippen molar-refractivity contribution in [3.8, 4) is 0 Å². The Hall–Kier alpha value is -1.38. The third-order valence-electron chi connectivity index (χ3n) is 5.04. The number of benzene rings is 1. The Morgan fingerprint density at radius 2 is 2.26 bits per heavy atom. The van der Waals surface area contributed by atoms with Gasteiger partial charge in [-0.3, -0.25) is 9.13 Å². The molecule has 166 valence electrons. The van der Waals surface area contributed by atoms with Gasteiger partial charge in [0.1, 0.15) is 17.4 Å². The molecule has 1 heterocycles. The third-order valence-corrected chi connectivity index (χ3v) is 7.97. The van der Waals surface area contributed by atoms with Crippen molar-refractivity contribution in [3.63, 3.8) is 0 Å². The number of carbonyl (C=O) groups excluding carboxylic acids is 1. The highest BCUT2D eigenvalue weighted by molar-refractivity contribution is 14.2. The number of amides is 1. The molecule has 0 bridgehead atoms. The second-order valence-electron chi connectivity index (χ2n) is 7.45. The topological polar surface area (TPSA) is 71.3 Å². The van der Waals surface area contributed by atoms with Gasteiger partial charge < -0.3 is 10.6 Å². The molecule has 2 aromatic rings. The SMILES string of the molecule is C=C/C(=N\c1c(CNc2ccc(CCC)cc2SC)nc(C)n1PI)NC(=O)C1CC1. The molecule has 3 rings (SSSR count). The summed E-state index contributed by atoms with van der Waals surface area (Å²) in [7, 11) is 0. The number of thioether (sulfide) groups is 1. The fourth-order valence-electron chi connectivity index (χ4n) is 3.23. The molecule has 1 aliphatic carbocycles. The van der Waals surface area contributed by atoms with Gasteiger partial charge in [-0.15, -0.1) is 11.8 Å². The van der Waals surface area contributed by atoms with Crippen LogP contribution in [-0.2, 0) is 17.8 Å². The number of aryl methyl sites for hydroxylation is 2. The standard InChI is InChI=1S/C22H29IN5OPS/c1-5-7-15-8-11-17(19(12-15)31-4)24-13-18-21(28(30-23)14(3)25-18)26-20(6-2)27-22(29)16-9-10-16/h6,8,11-12,16,24,30H,2,5,7,9-10,13H2,1,3-4H3,(H,26,27,29). The Bertz CT molecular complexity index is 987. The molecular weight excluding hydrogens is 540 g/mol. The average Bonchev–Trinajstić information content (AvgIpc) is 3.57. The first-order valence-electron chi connectivity index (χ1n) is 10.4. The number of carbonyl (C=O) groups is 1. The maximum absolute atomic E-state index is 12.2. The number of aromatic nitrogens is 2. The number of aliphatic imine (C=N–C) groups is 1. The minimum Gasteiger partial charge on any atom is -0.378 e. The summed E-state index contributed by atoms with van der Waals surface area (Å²) in [6, 6.07) is 6.59. The van der Waals surface area contributed by atoms with Crippen molar-refractivity contribution in [3.05, 3.63) is 47.9 Å². The van der Waals surface area contributed by atoms with Crippen LogP contribution in [0.5, 0.6) is 0 Å². The Labute approximate surface area is 203 Å². The summed E-state index contributed by atoms with van der Waals surface area (Å²) in [6.07, 6.45) is 8.28. The number of nitrogens with zero attached hydrogens (tertiary/aromatic N) is 3. The van der Waals surface area contributed by atoms with Crippen LogP contribution < -0.4 is 10.6 Å². The molecule has 1 saturated carbocycles. The summed E-state index contributed by atoms with van der Waals surface area (Å²) < 4.78 is 2.07. The van der Waals surface area contributed by atoms with Crippen LogP contribution in [0.15, 0.2) is 40.7 Å². The second kappa shape index (κ2) is 11.5. The van der Waals surface area contributed by atoms with E-state index in [1.165, 1.54) is 10.5 Å². The van der Waals surface area contributed by atoms with Gasteiger partial charge in [-0.25, -0.2) is 9.98 Å². The molecule has 6 nitrogen and oxygen atoms in total. The first kappa shape index (κ1) is 24.3. The average molecular weight is 569 g/mol. The predicted molar refractivity (Wildman–Crippen MR) is 142 cm³/mol. The van der Waals surface area contributed by atoms with Crippen LogP contribution in [0.3, 0.4) is 0 Å². The first-order valence-corrected chi connectivity index (χ1v) is 15.7. The lowest BCUT2D eigenvalue weighted by Crippen LogP contribution is -2.30. The van der Waals surface area contributed by atoms with Crippen molar-refractivity contribution < 1.29 is 4.79 Å². The summed E-state index contributed by atoms with van der Waals surface area (Å²) in [4.78, 5) is 22.9.